The number of piperazine rings is 1. The summed E-state index contributed by atoms with van der Waals surface area (Å²) in [4.78, 5) is 2.21. The van der Waals surface area contributed by atoms with Gasteiger partial charge in [0.1, 0.15) is 5.75 Å². The van der Waals surface area contributed by atoms with Gasteiger partial charge < -0.3 is 15.5 Å². The highest BCUT2D eigenvalue weighted by Gasteiger charge is 2.23. The molecule has 1 aromatic rings. The number of aliphatic hydroxyl groups excluding tert-OH is 1. The van der Waals surface area contributed by atoms with Gasteiger partial charge in [0.2, 0.25) is 0 Å². The molecule has 1 atom stereocenters. The lowest BCUT2D eigenvalue weighted by atomic mass is 10.0. The first-order chi connectivity index (χ1) is 8.22. The van der Waals surface area contributed by atoms with Gasteiger partial charge in [0.25, 0.3) is 0 Å². The third-order valence-electron chi connectivity index (χ3n) is 3.31. The largest absolute Gasteiger partial charge is 0.508 e. The number of nitrogens with one attached hydrogen (secondary N) is 1. The number of hydrogen-bond acceptors (Lipinski definition) is 4. The van der Waals surface area contributed by atoms with Gasteiger partial charge in [0.15, 0.2) is 0 Å². The SMILES string of the molecule is Cc1ccc(O)c([C@H](CO)N2CCNCC2)c1.Cl. The molecule has 1 heterocycles. The first-order valence-electron chi connectivity index (χ1n) is 6.07. The van der Waals surface area contributed by atoms with Crippen molar-refractivity contribution in [1.82, 2.24) is 10.2 Å². The molecule has 0 amide bonds. The molecule has 3 N–H and O–H groups in total. The van der Waals surface area contributed by atoms with Gasteiger partial charge in [0, 0.05) is 31.7 Å². The summed E-state index contributed by atoms with van der Waals surface area (Å²) in [5, 5.41) is 22.8. The Hall–Kier alpha value is -0.810. The first-order valence-corrected chi connectivity index (χ1v) is 6.07. The minimum absolute atomic E-state index is 0. The van der Waals surface area contributed by atoms with E-state index in [0.717, 1.165) is 37.3 Å². The van der Waals surface area contributed by atoms with E-state index in [0.29, 0.717) is 0 Å². The molecule has 1 aromatic carbocycles. The van der Waals surface area contributed by atoms with Gasteiger partial charge in [0.05, 0.1) is 12.6 Å². The maximum Gasteiger partial charge on any atom is 0.120 e. The predicted octanol–water partition coefficient (Wildman–Crippen LogP) is 1.06. The predicted molar refractivity (Wildman–Crippen MR) is 74.4 cm³/mol. The van der Waals surface area contributed by atoms with Crippen LogP contribution < -0.4 is 5.32 Å². The summed E-state index contributed by atoms with van der Waals surface area (Å²) in [5.74, 6) is 0.271. The summed E-state index contributed by atoms with van der Waals surface area (Å²) in [5.41, 5.74) is 1.93. The van der Waals surface area contributed by atoms with Crippen LogP contribution in [0.5, 0.6) is 5.75 Å². The van der Waals surface area contributed by atoms with Gasteiger partial charge >= 0.3 is 0 Å². The Labute approximate surface area is 114 Å². The summed E-state index contributed by atoms with van der Waals surface area (Å²) >= 11 is 0. The van der Waals surface area contributed by atoms with Crippen LogP contribution in [-0.2, 0) is 0 Å². The average Bonchev–Trinajstić information content (AvgIpc) is 2.36. The molecule has 0 spiro atoms. The van der Waals surface area contributed by atoms with Gasteiger partial charge in [-0.15, -0.1) is 12.4 Å². The smallest absolute Gasteiger partial charge is 0.120 e. The minimum atomic E-state index is -0.100. The molecule has 0 unspecified atom stereocenters. The lowest BCUT2D eigenvalue weighted by Gasteiger charge is -2.34. The first kappa shape index (κ1) is 15.2. The van der Waals surface area contributed by atoms with Crippen molar-refractivity contribution < 1.29 is 10.2 Å². The molecule has 102 valence electrons. The molecule has 1 aliphatic rings. The van der Waals surface area contributed by atoms with E-state index < -0.39 is 0 Å². The van der Waals surface area contributed by atoms with E-state index in [1.165, 1.54) is 0 Å². The van der Waals surface area contributed by atoms with Crippen LogP contribution in [-0.4, -0.2) is 47.9 Å². The molecule has 5 heteroatoms. The molecular formula is C13H21ClN2O2. The number of phenolic OH excluding ortho intramolecular Hbond substituents is 1. The maximum absolute atomic E-state index is 9.91. The zero-order chi connectivity index (χ0) is 12.3. The van der Waals surface area contributed by atoms with Crippen molar-refractivity contribution >= 4 is 12.4 Å². The highest BCUT2D eigenvalue weighted by molar-refractivity contribution is 5.85. The summed E-state index contributed by atoms with van der Waals surface area (Å²) in [6.45, 7) is 5.70. The summed E-state index contributed by atoms with van der Waals surface area (Å²) in [7, 11) is 0. The fourth-order valence-corrected chi connectivity index (χ4v) is 2.35. The molecule has 0 aliphatic carbocycles. The van der Waals surface area contributed by atoms with Crippen LogP contribution in [0.3, 0.4) is 0 Å². The van der Waals surface area contributed by atoms with Gasteiger partial charge in [-0.2, -0.15) is 0 Å². The summed E-state index contributed by atoms with van der Waals surface area (Å²) in [6, 6.07) is 5.44. The van der Waals surface area contributed by atoms with Crippen LogP contribution in [0.2, 0.25) is 0 Å². The number of hydrogen-bond donors (Lipinski definition) is 3. The number of phenols is 1. The number of benzene rings is 1. The number of halogens is 1. The lowest BCUT2D eigenvalue weighted by Crippen LogP contribution is -2.46. The summed E-state index contributed by atoms with van der Waals surface area (Å²) in [6.07, 6.45) is 0. The number of aliphatic hydroxyl groups is 1. The second-order valence-corrected chi connectivity index (χ2v) is 4.55. The molecule has 1 saturated heterocycles. The minimum Gasteiger partial charge on any atom is -0.508 e. The van der Waals surface area contributed by atoms with Crippen LogP contribution in [0, 0.1) is 6.92 Å². The Kier molecular flexibility index (Phi) is 5.88. The van der Waals surface area contributed by atoms with Crippen molar-refractivity contribution in [3.8, 4) is 5.75 Å². The van der Waals surface area contributed by atoms with Crippen molar-refractivity contribution in [1.29, 1.82) is 0 Å². The maximum atomic E-state index is 9.91. The second-order valence-electron chi connectivity index (χ2n) is 4.55. The van der Waals surface area contributed by atoms with Crippen molar-refractivity contribution in [3.63, 3.8) is 0 Å². The third kappa shape index (κ3) is 3.36. The molecule has 0 bridgehead atoms. The van der Waals surface area contributed by atoms with Crippen molar-refractivity contribution in [2.45, 2.75) is 13.0 Å². The van der Waals surface area contributed by atoms with Crippen LogP contribution in [0.1, 0.15) is 17.2 Å². The second kappa shape index (κ2) is 6.95. The average molecular weight is 273 g/mol. The molecule has 1 fully saturated rings. The van der Waals surface area contributed by atoms with Gasteiger partial charge in [-0.3, -0.25) is 4.90 Å². The Bertz CT molecular complexity index is 381. The number of aromatic hydroxyl groups is 1. The third-order valence-corrected chi connectivity index (χ3v) is 3.31. The van der Waals surface area contributed by atoms with Crippen molar-refractivity contribution in [2.24, 2.45) is 0 Å². The van der Waals surface area contributed by atoms with Gasteiger partial charge in [-0.05, 0) is 13.0 Å². The molecule has 1 aliphatic heterocycles. The van der Waals surface area contributed by atoms with E-state index in [1.54, 1.807) is 6.07 Å². The van der Waals surface area contributed by atoms with Gasteiger partial charge in [-0.1, -0.05) is 17.7 Å². The van der Waals surface area contributed by atoms with E-state index in [2.05, 4.69) is 10.2 Å². The van der Waals surface area contributed by atoms with Crippen molar-refractivity contribution in [2.75, 3.05) is 32.8 Å². The number of nitrogens with zero attached hydrogens (tertiary/aromatic N) is 1. The van der Waals surface area contributed by atoms with Crippen LogP contribution in [0.25, 0.3) is 0 Å². The van der Waals surface area contributed by atoms with E-state index in [4.69, 9.17) is 0 Å². The standard InChI is InChI=1S/C13H20N2O2.ClH/c1-10-2-3-13(17)11(8-10)12(9-16)15-6-4-14-5-7-15;/h2-3,8,12,14,16-17H,4-7,9H2,1H3;1H/t12-;/m0./s1. The monoisotopic (exact) mass is 272 g/mol. The van der Waals surface area contributed by atoms with E-state index >= 15 is 0 Å². The van der Waals surface area contributed by atoms with Crippen molar-refractivity contribution in [3.05, 3.63) is 29.3 Å². The zero-order valence-corrected chi connectivity index (χ0v) is 11.4. The lowest BCUT2D eigenvalue weighted by molar-refractivity contribution is 0.109. The normalized spacial score (nSPS) is 18.1. The topological polar surface area (TPSA) is 55.7 Å². The Morgan fingerprint density at radius 2 is 2.00 bits per heavy atom. The quantitative estimate of drug-likeness (QED) is 0.770. The van der Waals surface area contributed by atoms with E-state index in [1.807, 2.05) is 19.1 Å². The molecule has 0 aromatic heterocycles. The van der Waals surface area contributed by atoms with Crippen LogP contribution in [0.15, 0.2) is 18.2 Å². The number of aryl methyl sites for hydroxylation is 1. The van der Waals surface area contributed by atoms with E-state index in [-0.39, 0.29) is 30.8 Å². The highest BCUT2D eigenvalue weighted by atomic mass is 35.5. The van der Waals surface area contributed by atoms with Gasteiger partial charge in [-0.25, -0.2) is 0 Å². The zero-order valence-electron chi connectivity index (χ0n) is 10.6. The van der Waals surface area contributed by atoms with E-state index in [9.17, 15) is 10.2 Å². The Morgan fingerprint density at radius 1 is 1.33 bits per heavy atom. The Balaban J connectivity index is 0.00000162. The molecule has 4 nitrogen and oxygen atoms in total. The van der Waals surface area contributed by atoms with Crippen LogP contribution in [0.4, 0.5) is 0 Å². The molecule has 0 saturated carbocycles. The molecule has 18 heavy (non-hydrogen) atoms. The van der Waals surface area contributed by atoms with Crippen LogP contribution >= 0.6 is 12.4 Å². The Morgan fingerprint density at radius 3 is 2.61 bits per heavy atom. The summed E-state index contributed by atoms with van der Waals surface area (Å²) < 4.78 is 0. The highest BCUT2D eigenvalue weighted by Crippen LogP contribution is 2.29. The molecule has 2 rings (SSSR count). The fraction of sp³-hybridized carbons (Fsp3) is 0.538. The molecular weight excluding hydrogens is 252 g/mol. The molecule has 0 radical (unpaired) electrons. The fourth-order valence-electron chi connectivity index (χ4n) is 2.35. The number of rotatable bonds is 3.